The Morgan fingerprint density at radius 2 is 1.65 bits per heavy atom. The van der Waals surface area contributed by atoms with Crippen molar-refractivity contribution in [3.63, 3.8) is 0 Å². The zero-order valence-electron chi connectivity index (χ0n) is 13.3. The van der Waals surface area contributed by atoms with Crippen LogP contribution in [-0.4, -0.2) is 25.1 Å². The number of aromatic nitrogens is 1. The molecular weight excluding hydrogens is 292 g/mol. The van der Waals surface area contributed by atoms with E-state index in [0.29, 0.717) is 11.4 Å². The molecule has 0 bridgehead atoms. The number of fused-ring (bicyclic) bond motifs is 1. The number of carbonyl (C=O) groups is 1. The van der Waals surface area contributed by atoms with Crippen molar-refractivity contribution in [3.05, 3.63) is 53.7 Å². The standard InChI is InChI=1S/C18H18N2O3/c1-11-15-10-14(23-3)8-9-16(15)20-17(11)18(21)19-12-4-6-13(22-2)7-5-12/h4-10,20H,1-3H3,(H,19,21). The number of benzene rings is 2. The minimum atomic E-state index is -0.178. The minimum absolute atomic E-state index is 0.178. The number of hydrogen-bond acceptors (Lipinski definition) is 3. The van der Waals surface area contributed by atoms with Gasteiger partial charge in [0.25, 0.3) is 5.91 Å². The lowest BCUT2D eigenvalue weighted by Crippen LogP contribution is -2.13. The van der Waals surface area contributed by atoms with Gasteiger partial charge in [-0.3, -0.25) is 4.79 Å². The number of aromatic amines is 1. The Kier molecular flexibility index (Phi) is 3.93. The fourth-order valence-electron chi connectivity index (χ4n) is 2.53. The van der Waals surface area contributed by atoms with Crippen molar-refractivity contribution in [3.8, 4) is 11.5 Å². The van der Waals surface area contributed by atoms with Crippen LogP contribution in [0.3, 0.4) is 0 Å². The Balaban J connectivity index is 1.89. The van der Waals surface area contributed by atoms with Crippen molar-refractivity contribution < 1.29 is 14.3 Å². The molecule has 0 saturated heterocycles. The van der Waals surface area contributed by atoms with Crippen molar-refractivity contribution in [1.29, 1.82) is 0 Å². The maximum atomic E-state index is 12.5. The van der Waals surface area contributed by atoms with E-state index in [9.17, 15) is 4.79 Å². The molecule has 0 fully saturated rings. The number of amides is 1. The van der Waals surface area contributed by atoms with Crippen molar-refractivity contribution in [2.45, 2.75) is 6.92 Å². The van der Waals surface area contributed by atoms with Gasteiger partial charge in [0.1, 0.15) is 17.2 Å². The summed E-state index contributed by atoms with van der Waals surface area (Å²) in [4.78, 5) is 15.7. The molecule has 0 aliphatic rings. The van der Waals surface area contributed by atoms with Gasteiger partial charge in [-0.25, -0.2) is 0 Å². The first-order chi connectivity index (χ1) is 11.1. The van der Waals surface area contributed by atoms with Gasteiger partial charge in [0.2, 0.25) is 0 Å². The molecule has 118 valence electrons. The second kappa shape index (κ2) is 6.04. The second-order valence-electron chi connectivity index (χ2n) is 5.22. The lowest BCUT2D eigenvalue weighted by atomic mass is 10.1. The van der Waals surface area contributed by atoms with E-state index >= 15 is 0 Å². The highest BCUT2D eigenvalue weighted by atomic mass is 16.5. The highest BCUT2D eigenvalue weighted by Crippen LogP contribution is 2.26. The van der Waals surface area contributed by atoms with Gasteiger partial charge in [0.05, 0.1) is 14.2 Å². The maximum absolute atomic E-state index is 12.5. The molecular formula is C18H18N2O3. The number of ether oxygens (including phenoxy) is 2. The van der Waals surface area contributed by atoms with Gasteiger partial charge in [-0.2, -0.15) is 0 Å². The molecule has 3 aromatic rings. The number of hydrogen-bond donors (Lipinski definition) is 2. The van der Waals surface area contributed by atoms with E-state index in [2.05, 4.69) is 10.3 Å². The third kappa shape index (κ3) is 2.85. The maximum Gasteiger partial charge on any atom is 0.272 e. The molecule has 5 nitrogen and oxygen atoms in total. The molecule has 1 amide bonds. The van der Waals surface area contributed by atoms with E-state index in [1.165, 1.54) is 0 Å². The summed E-state index contributed by atoms with van der Waals surface area (Å²) in [5, 5.41) is 3.86. The monoisotopic (exact) mass is 310 g/mol. The first kappa shape index (κ1) is 15.0. The quantitative estimate of drug-likeness (QED) is 0.771. The highest BCUT2D eigenvalue weighted by Gasteiger charge is 2.15. The SMILES string of the molecule is COc1ccc(NC(=O)c2[nH]c3ccc(OC)cc3c2C)cc1. The lowest BCUT2D eigenvalue weighted by molar-refractivity contribution is 0.102. The molecule has 3 rings (SSSR count). The number of methoxy groups -OCH3 is 2. The van der Waals surface area contributed by atoms with Crippen LogP contribution in [0.1, 0.15) is 16.1 Å². The van der Waals surface area contributed by atoms with Gasteiger partial charge in [0, 0.05) is 16.6 Å². The summed E-state index contributed by atoms with van der Waals surface area (Å²) in [5.41, 5.74) is 3.06. The molecule has 0 saturated carbocycles. The summed E-state index contributed by atoms with van der Waals surface area (Å²) in [5.74, 6) is 1.33. The van der Waals surface area contributed by atoms with Crippen LogP contribution in [0.4, 0.5) is 5.69 Å². The van der Waals surface area contributed by atoms with Crippen LogP contribution in [-0.2, 0) is 0 Å². The van der Waals surface area contributed by atoms with E-state index in [0.717, 1.165) is 28.0 Å². The van der Waals surface area contributed by atoms with Gasteiger partial charge in [-0.15, -0.1) is 0 Å². The van der Waals surface area contributed by atoms with E-state index in [-0.39, 0.29) is 5.91 Å². The Labute approximate surface area is 134 Å². The largest absolute Gasteiger partial charge is 0.497 e. The summed E-state index contributed by atoms with van der Waals surface area (Å²) >= 11 is 0. The van der Waals surface area contributed by atoms with Crippen LogP contribution in [0.5, 0.6) is 11.5 Å². The van der Waals surface area contributed by atoms with Crippen molar-refractivity contribution >= 4 is 22.5 Å². The zero-order valence-corrected chi connectivity index (χ0v) is 13.3. The molecule has 0 radical (unpaired) electrons. The fraction of sp³-hybridized carbons (Fsp3) is 0.167. The van der Waals surface area contributed by atoms with Crippen LogP contribution in [0.25, 0.3) is 10.9 Å². The number of H-pyrrole nitrogens is 1. The first-order valence-corrected chi connectivity index (χ1v) is 7.24. The molecule has 1 aromatic heterocycles. The second-order valence-corrected chi connectivity index (χ2v) is 5.22. The van der Waals surface area contributed by atoms with Gasteiger partial charge in [0.15, 0.2) is 0 Å². The van der Waals surface area contributed by atoms with E-state index < -0.39 is 0 Å². The molecule has 23 heavy (non-hydrogen) atoms. The molecule has 2 aromatic carbocycles. The van der Waals surface area contributed by atoms with Gasteiger partial charge in [-0.05, 0) is 55.0 Å². The van der Waals surface area contributed by atoms with Crippen LogP contribution in [0.15, 0.2) is 42.5 Å². The molecule has 0 aliphatic heterocycles. The molecule has 0 aliphatic carbocycles. The van der Waals surface area contributed by atoms with E-state index in [1.54, 1.807) is 38.5 Å². The summed E-state index contributed by atoms with van der Waals surface area (Å²) in [6, 6.07) is 12.9. The Bertz CT molecular complexity index is 851. The van der Waals surface area contributed by atoms with Crippen LogP contribution >= 0.6 is 0 Å². The van der Waals surface area contributed by atoms with E-state index in [4.69, 9.17) is 9.47 Å². The lowest BCUT2D eigenvalue weighted by Gasteiger charge is -2.06. The van der Waals surface area contributed by atoms with Crippen molar-refractivity contribution in [2.75, 3.05) is 19.5 Å². The number of aryl methyl sites for hydroxylation is 1. The Morgan fingerprint density at radius 1 is 1.00 bits per heavy atom. The van der Waals surface area contributed by atoms with E-state index in [1.807, 2.05) is 25.1 Å². The van der Waals surface area contributed by atoms with Gasteiger partial charge < -0.3 is 19.8 Å². The summed E-state index contributed by atoms with van der Waals surface area (Å²) in [7, 11) is 3.23. The summed E-state index contributed by atoms with van der Waals surface area (Å²) in [6.45, 7) is 1.92. The molecule has 0 unspecified atom stereocenters. The Hall–Kier alpha value is -2.95. The zero-order chi connectivity index (χ0) is 16.4. The average Bonchev–Trinajstić information content (AvgIpc) is 2.92. The van der Waals surface area contributed by atoms with Crippen molar-refractivity contribution in [1.82, 2.24) is 4.98 Å². The van der Waals surface area contributed by atoms with Crippen molar-refractivity contribution in [2.24, 2.45) is 0 Å². The number of carbonyl (C=O) groups excluding carboxylic acids is 1. The third-order valence-electron chi connectivity index (χ3n) is 3.84. The first-order valence-electron chi connectivity index (χ1n) is 7.24. The van der Waals surface area contributed by atoms with Crippen LogP contribution in [0.2, 0.25) is 0 Å². The number of nitrogens with one attached hydrogen (secondary N) is 2. The average molecular weight is 310 g/mol. The minimum Gasteiger partial charge on any atom is -0.497 e. The molecule has 0 atom stereocenters. The van der Waals surface area contributed by atoms with Crippen LogP contribution in [0, 0.1) is 6.92 Å². The number of rotatable bonds is 4. The Morgan fingerprint density at radius 3 is 2.30 bits per heavy atom. The fourth-order valence-corrected chi connectivity index (χ4v) is 2.53. The molecule has 5 heteroatoms. The third-order valence-corrected chi connectivity index (χ3v) is 3.84. The van der Waals surface area contributed by atoms with Crippen LogP contribution < -0.4 is 14.8 Å². The topological polar surface area (TPSA) is 63.3 Å². The normalized spacial score (nSPS) is 10.6. The smallest absolute Gasteiger partial charge is 0.272 e. The summed E-state index contributed by atoms with van der Waals surface area (Å²) < 4.78 is 10.3. The van der Waals surface area contributed by atoms with Gasteiger partial charge >= 0.3 is 0 Å². The highest BCUT2D eigenvalue weighted by molar-refractivity contribution is 6.08. The van der Waals surface area contributed by atoms with Gasteiger partial charge in [-0.1, -0.05) is 0 Å². The molecule has 2 N–H and O–H groups in total. The molecule has 1 heterocycles. The summed E-state index contributed by atoms with van der Waals surface area (Å²) in [6.07, 6.45) is 0. The molecule has 0 spiro atoms. The predicted molar refractivity (Wildman–Crippen MR) is 90.5 cm³/mol. The predicted octanol–water partition coefficient (Wildman–Crippen LogP) is 3.75. The number of anilines is 1.